The maximum atomic E-state index is 12.6. The van der Waals surface area contributed by atoms with Crippen LogP contribution in [-0.4, -0.2) is 59.1 Å². The third-order valence-corrected chi connectivity index (χ3v) is 4.79. The molecule has 0 fully saturated rings. The van der Waals surface area contributed by atoms with Crippen LogP contribution in [0.2, 0.25) is 0 Å². The largest absolute Gasteiger partial charge is 0.507 e. The zero-order valence-electron chi connectivity index (χ0n) is 16.1. The average molecular weight is 387 g/mol. The van der Waals surface area contributed by atoms with Gasteiger partial charge in [-0.15, -0.1) is 0 Å². The minimum Gasteiger partial charge on any atom is -0.507 e. The summed E-state index contributed by atoms with van der Waals surface area (Å²) < 4.78 is 11.2. The monoisotopic (exact) mass is 387 g/mol. The predicted octanol–water partition coefficient (Wildman–Crippen LogP) is 2.56. The van der Waals surface area contributed by atoms with Crippen LogP contribution in [0.1, 0.15) is 28.6 Å². The van der Waals surface area contributed by atoms with Crippen molar-refractivity contribution >= 4 is 27.7 Å². The van der Waals surface area contributed by atoms with E-state index in [0.29, 0.717) is 51.7 Å². The zero-order chi connectivity index (χ0) is 20.3. The number of carbonyl (C=O) groups is 1. The van der Waals surface area contributed by atoms with E-state index in [-0.39, 0.29) is 32.1 Å². The number of rotatable bonds is 8. The average Bonchev–Trinajstić information content (AvgIpc) is 3.03. The van der Waals surface area contributed by atoms with E-state index in [1.807, 2.05) is 18.2 Å². The molecule has 2 aromatic carbocycles. The van der Waals surface area contributed by atoms with E-state index >= 15 is 0 Å². The number of aromatic hydroxyl groups is 1. The van der Waals surface area contributed by atoms with Gasteiger partial charge < -0.3 is 24.5 Å². The number of hydrogen-bond acceptors (Lipinski definition) is 7. The minimum atomic E-state index is -0.509. The lowest BCUT2D eigenvalue weighted by atomic mass is 9.97. The molecule has 7 heteroatoms. The highest BCUT2D eigenvalue weighted by Gasteiger charge is 2.27. The second-order valence-corrected chi connectivity index (χ2v) is 6.55. The summed E-state index contributed by atoms with van der Waals surface area (Å²) >= 11 is 0. The van der Waals surface area contributed by atoms with Crippen molar-refractivity contribution in [3.05, 3.63) is 41.2 Å². The summed E-state index contributed by atoms with van der Waals surface area (Å²) in [6, 6.07) is 7.28. The van der Waals surface area contributed by atoms with Crippen LogP contribution in [0.25, 0.3) is 21.7 Å². The molecule has 0 aliphatic rings. The van der Waals surface area contributed by atoms with Crippen molar-refractivity contribution in [1.82, 2.24) is 4.90 Å². The first-order chi connectivity index (χ1) is 13.5. The van der Waals surface area contributed by atoms with Crippen molar-refractivity contribution in [2.24, 2.45) is 0 Å². The molecule has 0 saturated heterocycles. The number of nitrogens with zero attached hydrogens (tertiary/aromatic N) is 1. The van der Waals surface area contributed by atoms with E-state index in [9.17, 15) is 20.1 Å². The predicted molar refractivity (Wildman–Crippen MR) is 106 cm³/mol. The highest BCUT2D eigenvalue weighted by molar-refractivity contribution is 6.16. The number of furan rings is 1. The van der Waals surface area contributed by atoms with E-state index in [1.54, 1.807) is 24.8 Å². The highest BCUT2D eigenvalue weighted by Crippen LogP contribution is 2.42. The molecule has 3 N–H and O–H groups in total. The van der Waals surface area contributed by atoms with Crippen molar-refractivity contribution < 1.29 is 29.3 Å². The second kappa shape index (κ2) is 8.60. The number of fused-ring (bicyclic) bond motifs is 3. The van der Waals surface area contributed by atoms with Crippen LogP contribution in [0.4, 0.5) is 0 Å². The summed E-state index contributed by atoms with van der Waals surface area (Å²) in [7, 11) is 0. The van der Waals surface area contributed by atoms with Gasteiger partial charge in [0.1, 0.15) is 22.7 Å². The first-order valence-electron chi connectivity index (χ1n) is 9.30. The molecule has 0 unspecified atom stereocenters. The number of aliphatic hydroxyl groups excluding tert-OH is 2. The zero-order valence-corrected chi connectivity index (χ0v) is 16.1. The number of benzene rings is 2. The summed E-state index contributed by atoms with van der Waals surface area (Å²) in [5.41, 5.74) is 1.31. The Balaban J connectivity index is 2.31. The van der Waals surface area contributed by atoms with Gasteiger partial charge in [0.25, 0.3) is 0 Å². The molecular formula is C21H25NO6. The normalized spacial score (nSPS) is 11.6. The molecule has 0 aliphatic carbocycles. The number of ether oxygens (including phenoxy) is 1. The maximum Gasteiger partial charge on any atom is 0.342 e. The fourth-order valence-electron chi connectivity index (χ4n) is 3.57. The van der Waals surface area contributed by atoms with E-state index in [0.717, 1.165) is 0 Å². The van der Waals surface area contributed by atoms with Crippen LogP contribution in [0.15, 0.2) is 28.7 Å². The van der Waals surface area contributed by atoms with Crippen molar-refractivity contribution in [1.29, 1.82) is 0 Å². The fourth-order valence-corrected chi connectivity index (χ4v) is 3.57. The van der Waals surface area contributed by atoms with Crippen LogP contribution in [-0.2, 0) is 11.3 Å². The number of aliphatic hydroxyl groups is 2. The maximum absolute atomic E-state index is 12.6. The molecule has 1 aromatic heterocycles. The van der Waals surface area contributed by atoms with Gasteiger partial charge >= 0.3 is 5.97 Å². The highest BCUT2D eigenvalue weighted by atomic mass is 16.5. The second-order valence-electron chi connectivity index (χ2n) is 6.55. The van der Waals surface area contributed by atoms with Gasteiger partial charge in [-0.2, -0.15) is 0 Å². The Morgan fingerprint density at radius 1 is 1.14 bits per heavy atom. The molecular weight excluding hydrogens is 362 g/mol. The number of aryl methyl sites for hydroxylation is 1. The van der Waals surface area contributed by atoms with Gasteiger partial charge in [-0.1, -0.05) is 24.3 Å². The van der Waals surface area contributed by atoms with Gasteiger partial charge in [0.05, 0.1) is 19.8 Å². The van der Waals surface area contributed by atoms with Gasteiger partial charge in [0, 0.05) is 41.4 Å². The molecule has 0 atom stereocenters. The van der Waals surface area contributed by atoms with Crippen molar-refractivity contribution in [3.63, 3.8) is 0 Å². The number of carbonyl (C=O) groups excluding carboxylic acids is 1. The van der Waals surface area contributed by atoms with Crippen LogP contribution < -0.4 is 0 Å². The van der Waals surface area contributed by atoms with E-state index < -0.39 is 5.97 Å². The summed E-state index contributed by atoms with van der Waals surface area (Å²) in [4.78, 5) is 14.4. The van der Waals surface area contributed by atoms with Crippen molar-refractivity contribution in [2.45, 2.75) is 20.4 Å². The Hall–Kier alpha value is -2.61. The molecule has 1 heterocycles. The number of phenols is 1. The lowest BCUT2D eigenvalue weighted by Gasteiger charge is -2.22. The summed E-state index contributed by atoms with van der Waals surface area (Å²) in [5, 5.41) is 31.5. The topological polar surface area (TPSA) is 103 Å². The van der Waals surface area contributed by atoms with Gasteiger partial charge in [0.15, 0.2) is 0 Å². The Bertz CT molecular complexity index is 988. The van der Waals surface area contributed by atoms with Crippen molar-refractivity contribution in [2.75, 3.05) is 32.9 Å². The van der Waals surface area contributed by atoms with Gasteiger partial charge in [-0.05, 0) is 13.8 Å². The summed E-state index contributed by atoms with van der Waals surface area (Å²) in [6.07, 6.45) is 0. The summed E-state index contributed by atoms with van der Waals surface area (Å²) in [5.74, 6) is -0.0396. The Morgan fingerprint density at radius 2 is 1.79 bits per heavy atom. The molecule has 3 rings (SSSR count). The smallest absolute Gasteiger partial charge is 0.342 e. The van der Waals surface area contributed by atoms with Crippen LogP contribution in [0.5, 0.6) is 5.75 Å². The third-order valence-electron chi connectivity index (χ3n) is 4.79. The Kier molecular flexibility index (Phi) is 6.18. The quantitative estimate of drug-likeness (QED) is 0.510. The molecule has 0 saturated carbocycles. The standard InChI is InChI=1S/C21H25NO6/c1-3-27-21(26)17-13(2)28-20-15-7-5-4-6-14(15)19(25)16(18(17)20)12-22(8-10-23)9-11-24/h4-7,23-25H,3,8-12H2,1-2H3. The molecule has 0 aliphatic heterocycles. The molecule has 28 heavy (non-hydrogen) atoms. The number of hydrogen-bond donors (Lipinski definition) is 3. The molecule has 0 bridgehead atoms. The molecule has 0 spiro atoms. The fraction of sp³-hybridized carbons (Fsp3) is 0.381. The first kappa shape index (κ1) is 20.1. The van der Waals surface area contributed by atoms with Gasteiger partial charge in [-0.25, -0.2) is 4.79 Å². The molecule has 3 aromatic rings. The minimum absolute atomic E-state index is 0.0512. The lowest BCUT2D eigenvalue weighted by molar-refractivity contribution is 0.0526. The van der Waals surface area contributed by atoms with Gasteiger partial charge in [-0.3, -0.25) is 4.90 Å². The van der Waals surface area contributed by atoms with Gasteiger partial charge in [0.2, 0.25) is 0 Å². The molecule has 7 nitrogen and oxygen atoms in total. The molecule has 150 valence electrons. The Morgan fingerprint density at radius 3 is 2.39 bits per heavy atom. The summed E-state index contributed by atoms with van der Waals surface area (Å²) in [6.45, 7) is 4.34. The molecule has 0 radical (unpaired) electrons. The number of phenolic OH excluding ortho intramolecular Hbond substituents is 1. The van der Waals surface area contributed by atoms with Crippen LogP contribution in [0.3, 0.4) is 0 Å². The Labute approximate surface area is 162 Å². The van der Waals surface area contributed by atoms with E-state index in [2.05, 4.69) is 0 Å². The first-order valence-corrected chi connectivity index (χ1v) is 9.30. The third kappa shape index (κ3) is 3.56. The van der Waals surface area contributed by atoms with E-state index in [1.165, 1.54) is 0 Å². The van der Waals surface area contributed by atoms with E-state index in [4.69, 9.17) is 9.15 Å². The molecule has 0 amide bonds. The lowest BCUT2D eigenvalue weighted by Crippen LogP contribution is -2.29. The SMILES string of the molecule is CCOC(=O)c1c(C)oc2c1c(CN(CCO)CCO)c(O)c1ccccc12. The van der Waals surface area contributed by atoms with Crippen LogP contribution in [0, 0.1) is 6.92 Å². The van der Waals surface area contributed by atoms with Crippen molar-refractivity contribution in [3.8, 4) is 5.75 Å². The van der Waals surface area contributed by atoms with Crippen LogP contribution >= 0.6 is 0 Å². The number of esters is 1.